The first-order valence-electron chi connectivity index (χ1n) is 13.7. The van der Waals surface area contributed by atoms with Gasteiger partial charge in [0, 0.05) is 24.0 Å². The molecule has 4 aromatic rings. The first-order valence-corrected chi connectivity index (χ1v) is 13.7. The lowest BCUT2D eigenvalue weighted by atomic mass is 9.88. The van der Waals surface area contributed by atoms with Crippen LogP contribution in [0.15, 0.2) is 90.0 Å². The van der Waals surface area contributed by atoms with Crippen LogP contribution in [0.25, 0.3) is 5.69 Å². The maximum atomic E-state index is 14.3. The van der Waals surface area contributed by atoms with Gasteiger partial charge in [-0.25, -0.2) is 18.4 Å². The number of esters is 1. The van der Waals surface area contributed by atoms with Crippen LogP contribution in [0, 0.1) is 11.6 Å². The second-order valence-corrected chi connectivity index (χ2v) is 10.2. The Bertz CT molecular complexity index is 1510. The fourth-order valence-corrected chi connectivity index (χ4v) is 5.62. The summed E-state index contributed by atoms with van der Waals surface area (Å²) in [7, 11) is 0. The number of imidazole rings is 1. The third-order valence-corrected chi connectivity index (χ3v) is 7.80. The minimum absolute atomic E-state index is 0.217. The smallest absolute Gasteiger partial charge is 0.333 e. The number of nitrogens with zero attached hydrogens (tertiary/aromatic N) is 3. The molecule has 1 aliphatic rings. The minimum Gasteiger partial charge on any atom is -0.465 e. The lowest BCUT2D eigenvalue weighted by Crippen LogP contribution is -2.40. The predicted octanol–water partition coefficient (Wildman–Crippen LogP) is 6.01. The van der Waals surface area contributed by atoms with E-state index in [1.807, 2.05) is 61.5 Å². The highest BCUT2D eigenvalue weighted by atomic mass is 19.1. The Morgan fingerprint density at radius 2 is 1.68 bits per heavy atom. The standard InChI is InChI=1S/C32H33F2N3O3/c1-3-40-31(38)30(25-7-5-4-6-8-25)35-17-15-24(16-18-35)23-9-12-27(13-10-23)37-20-19-36(32(37)39)22(2)28-14-11-26(33)21-29(28)34/h4-14,19-22,24,30H,3,15-18H2,1-2H3. The lowest BCUT2D eigenvalue weighted by molar-refractivity contribution is -0.150. The number of hydrogen-bond acceptors (Lipinski definition) is 4. The summed E-state index contributed by atoms with van der Waals surface area (Å²) in [5.74, 6) is -1.21. The van der Waals surface area contributed by atoms with Gasteiger partial charge in [-0.05, 0) is 75.0 Å². The number of carbonyl (C=O) groups excluding carboxylic acids is 1. The van der Waals surface area contributed by atoms with E-state index in [0.717, 1.165) is 37.6 Å². The highest BCUT2D eigenvalue weighted by molar-refractivity contribution is 5.77. The number of carbonyl (C=O) groups is 1. The average molecular weight is 546 g/mol. The fraction of sp³-hybridized carbons (Fsp3) is 0.312. The summed E-state index contributed by atoms with van der Waals surface area (Å²) >= 11 is 0. The second kappa shape index (κ2) is 12.0. The summed E-state index contributed by atoms with van der Waals surface area (Å²) < 4.78 is 36.0. The van der Waals surface area contributed by atoms with Crippen molar-refractivity contribution >= 4 is 5.97 Å². The van der Waals surface area contributed by atoms with Crippen molar-refractivity contribution in [2.45, 2.75) is 44.7 Å². The van der Waals surface area contributed by atoms with E-state index in [4.69, 9.17) is 4.74 Å². The molecule has 1 aliphatic heterocycles. The number of aromatic nitrogens is 2. The molecule has 5 rings (SSSR count). The summed E-state index contributed by atoms with van der Waals surface area (Å²) in [4.78, 5) is 28.2. The van der Waals surface area contributed by atoms with Crippen molar-refractivity contribution in [3.8, 4) is 5.69 Å². The molecule has 2 unspecified atom stereocenters. The molecule has 0 radical (unpaired) electrons. The van der Waals surface area contributed by atoms with Gasteiger partial charge in [0.15, 0.2) is 0 Å². The van der Waals surface area contributed by atoms with Gasteiger partial charge in [0.1, 0.15) is 17.7 Å². The number of likely N-dealkylation sites (tertiary alicyclic amines) is 1. The Balaban J connectivity index is 1.28. The molecule has 40 heavy (non-hydrogen) atoms. The number of benzene rings is 3. The van der Waals surface area contributed by atoms with E-state index < -0.39 is 23.7 Å². The van der Waals surface area contributed by atoms with Crippen molar-refractivity contribution in [1.82, 2.24) is 14.0 Å². The maximum absolute atomic E-state index is 14.3. The average Bonchev–Trinajstić information content (AvgIpc) is 3.35. The number of rotatable bonds is 8. The largest absolute Gasteiger partial charge is 0.465 e. The molecule has 0 aliphatic carbocycles. The van der Waals surface area contributed by atoms with Gasteiger partial charge in [-0.2, -0.15) is 0 Å². The molecular weight excluding hydrogens is 512 g/mol. The Morgan fingerprint density at radius 1 is 0.975 bits per heavy atom. The molecule has 0 spiro atoms. The fourth-order valence-electron chi connectivity index (χ4n) is 5.62. The molecule has 1 aromatic heterocycles. The summed E-state index contributed by atoms with van der Waals surface area (Å²) in [6, 6.07) is 20.1. The summed E-state index contributed by atoms with van der Waals surface area (Å²) in [5, 5.41) is 0. The van der Waals surface area contributed by atoms with E-state index in [1.165, 1.54) is 26.8 Å². The van der Waals surface area contributed by atoms with Crippen LogP contribution in [-0.2, 0) is 9.53 Å². The van der Waals surface area contributed by atoms with Crippen molar-refractivity contribution in [2.75, 3.05) is 19.7 Å². The molecular formula is C32H33F2N3O3. The summed E-state index contributed by atoms with van der Waals surface area (Å²) in [6.45, 7) is 5.42. The molecule has 8 heteroatoms. The molecule has 208 valence electrons. The predicted molar refractivity (Wildman–Crippen MR) is 150 cm³/mol. The third kappa shape index (κ3) is 5.63. The molecule has 1 saturated heterocycles. The topological polar surface area (TPSA) is 56.5 Å². The number of hydrogen-bond donors (Lipinski definition) is 0. The Morgan fingerprint density at radius 3 is 2.33 bits per heavy atom. The Kier molecular flexibility index (Phi) is 8.26. The van der Waals surface area contributed by atoms with Crippen LogP contribution in [-0.4, -0.2) is 39.7 Å². The van der Waals surface area contributed by atoms with Crippen LogP contribution >= 0.6 is 0 Å². The van der Waals surface area contributed by atoms with Gasteiger partial charge >= 0.3 is 11.7 Å². The second-order valence-electron chi connectivity index (χ2n) is 10.2. The molecule has 3 aromatic carbocycles. The quantitative estimate of drug-likeness (QED) is 0.255. The third-order valence-electron chi connectivity index (χ3n) is 7.80. The lowest BCUT2D eigenvalue weighted by Gasteiger charge is -2.36. The van der Waals surface area contributed by atoms with E-state index in [0.29, 0.717) is 18.2 Å². The first-order chi connectivity index (χ1) is 19.4. The van der Waals surface area contributed by atoms with E-state index >= 15 is 0 Å². The molecule has 6 nitrogen and oxygen atoms in total. The normalized spacial score (nSPS) is 16.0. The van der Waals surface area contributed by atoms with Gasteiger partial charge in [-0.15, -0.1) is 0 Å². The van der Waals surface area contributed by atoms with Crippen LogP contribution in [0.1, 0.15) is 61.4 Å². The van der Waals surface area contributed by atoms with Gasteiger partial charge in [-0.3, -0.25) is 14.0 Å². The van der Waals surface area contributed by atoms with Gasteiger partial charge in [0.2, 0.25) is 0 Å². The van der Waals surface area contributed by atoms with E-state index in [9.17, 15) is 18.4 Å². The number of piperidine rings is 1. The summed E-state index contributed by atoms with van der Waals surface area (Å²) in [5.41, 5.74) is 2.79. The maximum Gasteiger partial charge on any atom is 0.333 e. The van der Waals surface area contributed by atoms with Crippen molar-refractivity contribution in [2.24, 2.45) is 0 Å². The van der Waals surface area contributed by atoms with Crippen molar-refractivity contribution in [3.05, 3.63) is 124 Å². The van der Waals surface area contributed by atoms with Crippen LogP contribution in [0.3, 0.4) is 0 Å². The first kappa shape index (κ1) is 27.5. The highest BCUT2D eigenvalue weighted by Crippen LogP contribution is 2.33. The van der Waals surface area contributed by atoms with Crippen LogP contribution in [0.4, 0.5) is 8.78 Å². The highest BCUT2D eigenvalue weighted by Gasteiger charge is 2.32. The monoisotopic (exact) mass is 545 g/mol. The molecule has 0 amide bonds. The summed E-state index contributed by atoms with van der Waals surface area (Å²) in [6.07, 6.45) is 5.08. The Labute approximate surface area is 232 Å². The molecule has 0 bridgehead atoms. The van der Waals surface area contributed by atoms with Gasteiger partial charge < -0.3 is 4.74 Å². The molecule has 2 heterocycles. The SMILES string of the molecule is CCOC(=O)C(c1ccccc1)N1CCC(c2ccc(-n3ccn(C(C)c4ccc(F)cc4F)c3=O)cc2)CC1. The minimum atomic E-state index is -0.681. The van der Waals surface area contributed by atoms with Gasteiger partial charge in [0.25, 0.3) is 0 Å². The van der Waals surface area contributed by atoms with Crippen LogP contribution in [0.2, 0.25) is 0 Å². The number of ether oxygens (including phenoxy) is 1. The zero-order valence-corrected chi connectivity index (χ0v) is 22.7. The van der Waals surface area contributed by atoms with Crippen molar-refractivity contribution in [3.63, 3.8) is 0 Å². The molecule has 0 saturated carbocycles. The molecule has 1 fully saturated rings. The van der Waals surface area contributed by atoms with Crippen molar-refractivity contribution < 1.29 is 18.3 Å². The zero-order valence-electron chi connectivity index (χ0n) is 22.7. The molecule has 2 atom stereocenters. The zero-order chi connectivity index (χ0) is 28.2. The van der Waals surface area contributed by atoms with Gasteiger partial charge in [-0.1, -0.05) is 48.5 Å². The van der Waals surface area contributed by atoms with Crippen LogP contribution < -0.4 is 5.69 Å². The van der Waals surface area contributed by atoms with Crippen molar-refractivity contribution in [1.29, 1.82) is 0 Å². The number of halogens is 2. The molecule has 0 N–H and O–H groups in total. The van der Waals surface area contributed by atoms with E-state index in [-0.39, 0.29) is 17.2 Å². The van der Waals surface area contributed by atoms with Gasteiger partial charge in [0.05, 0.1) is 18.3 Å². The van der Waals surface area contributed by atoms with E-state index in [1.54, 1.807) is 19.3 Å². The van der Waals surface area contributed by atoms with Crippen LogP contribution in [0.5, 0.6) is 0 Å². The Hall–Kier alpha value is -4.04. The van der Waals surface area contributed by atoms with E-state index in [2.05, 4.69) is 4.90 Å².